The molecule has 1 heterocycles. The molecule has 0 saturated heterocycles. The van der Waals surface area contributed by atoms with E-state index < -0.39 is 40.7 Å². The lowest BCUT2D eigenvalue weighted by Gasteiger charge is -2.00. The Kier molecular flexibility index (Phi) is 3.12. The zero-order valence-corrected chi connectivity index (χ0v) is 9.70. The second-order valence-corrected chi connectivity index (χ2v) is 3.76. The van der Waals surface area contributed by atoms with Crippen LogP contribution in [0.3, 0.4) is 0 Å². The Hall–Kier alpha value is -2.57. The van der Waals surface area contributed by atoms with E-state index in [4.69, 9.17) is 4.42 Å². The van der Waals surface area contributed by atoms with Crippen LogP contribution in [-0.2, 0) is 4.79 Å². The summed E-state index contributed by atoms with van der Waals surface area (Å²) in [5.74, 6) is -4.60. The first-order valence-electron chi connectivity index (χ1n) is 5.18. The largest absolute Gasteiger partial charge is 0.502 e. The Balaban J connectivity index is 2.57. The molecule has 0 saturated carbocycles. The summed E-state index contributed by atoms with van der Waals surface area (Å²) in [5, 5.41) is 21.2. The number of anilines is 1. The SMILES string of the molecule is CC(=O)Nc1oc(-c2cc(F)ccc2F)c(O)c1O. The quantitative estimate of drug-likeness (QED) is 0.782. The van der Waals surface area contributed by atoms with E-state index in [0.717, 1.165) is 25.1 Å². The average molecular weight is 269 g/mol. The molecule has 2 rings (SSSR count). The summed E-state index contributed by atoms with van der Waals surface area (Å²) in [7, 11) is 0. The van der Waals surface area contributed by atoms with E-state index in [9.17, 15) is 23.8 Å². The Labute approximate surface area is 106 Å². The molecule has 0 spiro atoms. The van der Waals surface area contributed by atoms with Crippen LogP contribution in [0.2, 0.25) is 0 Å². The second kappa shape index (κ2) is 4.60. The normalized spacial score (nSPS) is 10.5. The molecule has 1 amide bonds. The molecule has 3 N–H and O–H groups in total. The predicted molar refractivity (Wildman–Crippen MR) is 61.7 cm³/mol. The third-order valence-corrected chi connectivity index (χ3v) is 2.32. The molecule has 2 aromatic rings. The van der Waals surface area contributed by atoms with E-state index in [2.05, 4.69) is 5.32 Å². The number of hydrogen-bond donors (Lipinski definition) is 3. The van der Waals surface area contributed by atoms with E-state index in [1.165, 1.54) is 0 Å². The molecule has 100 valence electrons. The van der Waals surface area contributed by atoms with Gasteiger partial charge in [0.15, 0.2) is 5.76 Å². The number of aromatic hydroxyl groups is 2. The monoisotopic (exact) mass is 269 g/mol. The molecule has 0 radical (unpaired) electrons. The van der Waals surface area contributed by atoms with Crippen molar-refractivity contribution in [2.75, 3.05) is 5.32 Å². The van der Waals surface area contributed by atoms with Crippen molar-refractivity contribution < 1.29 is 28.2 Å². The number of hydrogen-bond acceptors (Lipinski definition) is 4. The Morgan fingerprint density at radius 1 is 1.26 bits per heavy atom. The summed E-state index contributed by atoms with van der Waals surface area (Å²) >= 11 is 0. The third kappa shape index (κ3) is 2.35. The van der Waals surface area contributed by atoms with E-state index >= 15 is 0 Å². The topological polar surface area (TPSA) is 82.7 Å². The molecular weight excluding hydrogens is 260 g/mol. The van der Waals surface area contributed by atoms with E-state index in [-0.39, 0.29) is 5.56 Å². The van der Waals surface area contributed by atoms with Crippen LogP contribution in [0, 0.1) is 11.6 Å². The lowest BCUT2D eigenvalue weighted by molar-refractivity contribution is -0.114. The van der Waals surface area contributed by atoms with Crippen LogP contribution in [0.5, 0.6) is 11.5 Å². The highest BCUT2D eigenvalue weighted by atomic mass is 19.1. The Bertz CT molecular complexity index is 651. The molecule has 0 bridgehead atoms. The van der Waals surface area contributed by atoms with Gasteiger partial charge < -0.3 is 14.6 Å². The minimum absolute atomic E-state index is 0.371. The van der Waals surface area contributed by atoms with Crippen molar-refractivity contribution in [3.05, 3.63) is 29.8 Å². The number of amides is 1. The number of halogens is 2. The average Bonchev–Trinajstić information content (AvgIpc) is 2.60. The molecule has 0 fully saturated rings. The van der Waals surface area contributed by atoms with Gasteiger partial charge >= 0.3 is 0 Å². The minimum Gasteiger partial charge on any atom is -0.502 e. The minimum atomic E-state index is -0.847. The van der Waals surface area contributed by atoms with Crippen molar-refractivity contribution in [1.29, 1.82) is 0 Å². The third-order valence-electron chi connectivity index (χ3n) is 2.32. The molecule has 7 heteroatoms. The van der Waals surface area contributed by atoms with Crippen molar-refractivity contribution in [3.63, 3.8) is 0 Å². The second-order valence-electron chi connectivity index (χ2n) is 3.76. The summed E-state index contributed by atoms with van der Waals surface area (Å²) in [5.41, 5.74) is -0.371. The van der Waals surface area contributed by atoms with Crippen molar-refractivity contribution in [2.24, 2.45) is 0 Å². The first-order valence-corrected chi connectivity index (χ1v) is 5.18. The molecular formula is C12H9F2NO4. The number of rotatable bonds is 2. The fourth-order valence-electron chi connectivity index (χ4n) is 1.51. The number of carbonyl (C=O) groups excluding carboxylic acids is 1. The first kappa shape index (κ1) is 12.9. The number of furan rings is 1. The summed E-state index contributed by atoms with van der Waals surface area (Å²) in [6.07, 6.45) is 0. The highest BCUT2D eigenvalue weighted by Gasteiger charge is 2.23. The highest BCUT2D eigenvalue weighted by Crippen LogP contribution is 2.45. The van der Waals surface area contributed by atoms with Gasteiger partial charge in [0.25, 0.3) is 0 Å². The number of carbonyl (C=O) groups is 1. The van der Waals surface area contributed by atoms with Gasteiger partial charge in [-0.15, -0.1) is 0 Å². The molecule has 0 aliphatic carbocycles. The van der Waals surface area contributed by atoms with Crippen LogP contribution in [-0.4, -0.2) is 16.1 Å². The smallest absolute Gasteiger partial charge is 0.246 e. The van der Waals surface area contributed by atoms with Gasteiger partial charge in [0.2, 0.25) is 23.3 Å². The highest BCUT2D eigenvalue weighted by molar-refractivity contribution is 5.90. The van der Waals surface area contributed by atoms with Gasteiger partial charge in [-0.05, 0) is 18.2 Å². The maximum atomic E-state index is 13.5. The van der Waals surface area contributed by atoms with Gasteiger partial charge in [-0.2, -0.15) is 0 Å². The predicted octanol–water partition coefficient (Wildman–Crippen LogP) is 2.59. The zero-order chi connectivity index (χ0) is 14.2. The maximum Gasteiger partial charge on any atom is 0.246 e. The van der Waals surface area contributed by atoms with Gasteiger partial charge in [0.05, 0.1) is 5.56 Å². The van der Waals surface area contributed by atoms with Crippen molar-refractivity contribution >= 4 is 11.8 Å². The van der Waals surface area contributed by atoms with Crippen molar-refractivity contribution in [2.45, 2.75) is 6.92 Å². The molecule has 19 heavy (non-hydrogen) atoms. The molecule has 0 aliphatic heterocycles. The van der Waals surface area contributed by atoms with Crippen LogP contribution < -0.4 is 5.32 Å². The van der Waals surface area contributed by atoms with Crippen molar-refractivity contribution in [1.82, 2.24) is 0 Å². The van der Waals surface area contributed by atoms with Crippen LogP contribution >= 0.6 is 0 Å². The molecule has 0 aliphatic rings. The molecule has 1 aromatic carbocycles. The van der Waals surface area contributed by atoms with E-state index in [1.807, 2.05) is 0 Å². The molecule has 5 nitrogen and oxygen atoms in total. The first-order chi connectivity index (χ1) is 8.90. The summed E-state index contributed by atoms with van der Waals surface area (Å²) in [6, 6.07) is 2.54. The van der Waals surface area contributed by atoms with Crippen LogP contribution in [0.1, 0.15) is 6.92 Å². The summed E-state index contributed by atoms with van der Waals surface area (Å²) in [6.45, 7) is 1.15. The Morgan fingerprint density at radius 3 is 2.58 bits per heavy atom. The fourth-order valence-corrected chi connectivity index (χ4v) is 1.51. The molecule has 0 unspecified atom stereocenters. The molecule has 1 aromatic heterocycles. The lowest BCUT2D eigenvalue weighted by atomic mass is 10.1. The van der Waals surface area contributed by atoms with E-state index in [1.54, 1.807) is 0 Å². The Morgan fingerprint density at radius 2 is 1.95 bits per heavy atom. The summed E-state index contributed by atoms with van der Waals surface area (Å²) < 4.78 is 31.5. The van der Waals surface area contributed by atoms with Gasteiger partial charge in [-0.3, -0.25) is 10.1 Å². The number of nitrogens with one attached hydrogen (secondary N) is 1. The van der Waals surface area contributed by atoms with Crippen LogP contribution in [0.15, 0.2) is 22.6 Å². The van der Waals surface area contributed by atoms with Crippen LogP contribution in [0.4, 0.5) is 14.7 Å². The molecule has 0 atom stereocenters. The lowest BCUT2D eigenvalue weighted by Crippen LogP contribution is -2.04. The van der Waals surface area contributed by atoms with Gasteiger partial charge in [-0.25, -0.2) is 8.78 Å². The van der Waals surface area contributed by atoms with Gasteiger partial charge in [0, 0.05) is 6.92 Å². The van der Waals surface area contributed by atoms with Gasteiger partial charge in [-0.1, -0.05) is 0 Å². The maximum absolute atomic E-state index is 13.5. The van der Waals surface area contributed by atoms with E-state index in [0.29, 0.717) is 0 Å². The standard InChI is InChI=1S/C12H9F2NO4/c1-5(16)15-12-10(18)9(17)11(19-12)7-4-6(13)2-3-8(7)14/h2-4,17-18H,1H3,(H,15,16). The zero-order valence-electron chi connectivity index (χ0n) is 9.70. The summed E-state index contributed by atoms with van der Waals surface area (Å²) in [4.78, 5) is 10.8. The fraction of sp³-hybridized carbons (Fsp3) is 0.0833. The number of benzene rings is 1. The van der Waals surface area contributed by atoms with Crippen molar-refractivity contribution in [3.8, 4) is 22.8 Å². The van der Waals surface area contributed by atoms with Crippen LogP contribution in [0.25, 0.3) is 11.3 Å². The van der Waals surface area contributed by atoms with Gasteiger partial charge in [0.1, 0.15) is 11.6 Å².